The van der Waals surface area contributed by atoms with Crippen molar-refractivity contribution in [3.63, 3.8) is 0 Å². The Balaban J connectivity index is 1.76. The van der Waals surface area contributed by atoms with E-state index in [2.05, 4.69) is 6.58 Å². The summed E-state index contributed by atoms with van der Waals surface area (Å²) >= 11 is 0. The van der Waals surface area contributed by atoms with Gasteiger partial charge in [-0.05, 0) is 56.8 Å². The van der Waals surface area contributed by atoms with Crippen LogP contribution >= 0.6 is 0 Å². The van der Waals surface area contributed by atoms with E-state index < -0.39 is 0 Å². The summed E-state index contributed by atoms with van der Waals surface area (Å²) in [6.45, 7) is 7.82. The molecule has 0 heterocycles. The molecule has 4 aliphatic rings. The van der Waals surface area contributed by atoms with Crippen molar-refractivity contribution in [2.75, 3.05) is 6.61 Å². The maximum absolute atomic E-state index is 12.5. The first-order valence-electron chi connectivity index (χ1n) is 8.54. The molecule has 4 fully saturated rings. The van der Waals surface area contributed by atoms with Gasteiger partial charge in [-0.2, -0.15) is 0 Å². The lowest BCUT2D eigenvalue weighted by molar-refractivity contribution is -0.190. The van der Waals surface area contributed by atoms with Gasteiger partial charge in [-0.25, -0.2) is 4.79 Å². The normalized spacial score (nSPS) is 38.6. The molecule has 0 N–H and O–H groups in total. The quantitative estimate of drug-likeness (QED) is 0.578. The Hall–Kier alpha value is -1.32. The standard InChI is InChI=1S/C18H26O4/c1-4-5-21-18(20)15-12-6-11-7-13(9-12)16(14(15)8-11)22-17(19)10(2)3/h11-16H,2,4-9H2,1,3H3. The fourth-order valence-electron chi connectivity index (χ4n) is 4.93. The average molecular weight is 306 g/mol. The van der Waals surface area contributed by atoms with Gasteiger partial charge >= 0.3 is 11.9 Å². The van der Waals surface area contributed by atoms with Crippen LogP contribution in [0.15, 0.2) is 12.2 Å². The molecule has 0 radical (unpaired) electrons. The highest BCUT2D eigenvalue weighted by Crippen LogP contribution is 2.57. The van der Waals surface area contributed by atoms with Crippen LogP contribution in [-0.4, -0.2) is 24.6 Å². The van der Waals surface area contributed by atoms with Crippen molar-refractivity contribution in [1.82, 2.24) is 0 Å². The molecule has 4 saturated carbocycles. The molecule has 0 spiro atoms. The van der Waals surface area contributed by atoms with Crippen LogP contribution in [0.4, 0.5) is 0 Å². The lowest BCUT2D eigenvalue weighted by Gasteiger charge is -2.56. The fraction of sp³-hybridized carbons (Fsp3) is 0.778. The molecular formula is C18H26O4. The van der Waals surface area contributed by atoms with Crippen molar-refractivity contribution in [3.05, 3.63) is 12.2 Å². The Morgan fingerprint density at radius 1 is 1.14 bits per heavy atom. The summed E-state index contributed by atoms with van der Waals surface area (Å²) in [6.07, 6.45) is 4.97. The lowest BCUT2D eigenvalue weighted by atomic mass is 9.50. The minimum atomic E-state index is -0.321. The third kappa shape index (κ3) is 2.68. The number of esters is 2. The van der Waals surface area contributed by atoms with E-state index in [4.69, 9.17) is 9.47 Å². The van der Waals surface area contributed by atoms with Crippen LogP contribution < -0.4 is 0 Å². The Morgan fingerprint density at radius 2 is 1.86 bits per heavy atom. The predicted molar refractivity (Wildman–Crippen MR) is 81.9 cm³/mol. The number of hydrogen-bond acceptors (Lipinski definition) is 4. The van der Waals surface area contributed by atoms with E-state index in [1.54, 1.807) is 6.92 Å². The maximum atomic E-state index is 12.5. The summed E-state index contributed by atoms with van der Waals surface area (Å²) in [5, 5.41) is 0. The lowest BCUT2D eigenvalue weighted by Crippen LogP contribution is -2.57. The van der Waals surface area contributed by atoms with Crippen LogP contribution in [0.1, 0.15) is 46.0 Å². The molecular weight excluding hydrogens is 280 g/mol. The maximum Gasteiger partial charge on any atom is 0.333 e. The van der Waals surface area contributed by atoms with Crippen LogP contribution in [0.25, 0.3) is 0 Å². The largest absolute Gasteiger partial charge is 0.465 e. The van der Waals surface area contributed by atoms with Gasteiger partial charge < -0.3 is 9.47 Å². The molecule has 6 atom stereocenters. The Morgan fingerprint density at radius 3 is 2.55 bits per heavy atom. The zero-order valence-electron chi connectivity index (χ0n) is 13.5. The average Bonchev–Trinajstić information content (AvgIpc) is 2.47. The van der Waals surface area contributed by atoms with E-state index >= 15 is 0 Å². The molecule has 0 saturated heterocycles. The Bertz CT molecular complexity index is 483. The molecule has 0 aromatic rings. The highest BCUT2D eigenvalue weighted by Gasteiger charge is 2.57. The Kier molecular flexibility index (Phi) is 4.28. The van der Waals surface area contributed by atoms with Crippen LogP contribution in [0.3, 0.4) is 0 Å². The van der Waals surface area contributed by atoms with E-state index in [9.17, 15) is 9.59 Å². The number of carbonyl (C=O) groups is 2. The molecule has 4 heteroatoms. The summed E-state index contributed by atoms with van der Waals surface area (Å²) in [5.41, 5.74) is 0.430. The molecule has 22 heavy (non-hydrogen) atoms. The van der Waals surface area contributed by atoms with Crippen molar-refractivity contribution in [2.24, 2.45) is 29.6 Å². The van der Waals surface area contributed by atoms with Gasteiger partial charge in [0.15, 0.2) is 0 Å². The first-order valence-corrected chi connectivity index (χ1v) is 8.54. The third-order valence-corrected chi connectivity index (χ3v) is 5.65. The molecule has 4 rings (SSSR count). The van der Waals surface area contributed by atoms with E-state index in [0.29, 0.717) is 29.9 Å². The van der Waals surface area contributed by atoms with Crippen LogP contribution in [0, 0.1) is 29.6 Å². The van der Waals surface area contributed by atoms with Crippen LogP contribution in [0.5, 0.6) is 0 Å². The van der Waals surface area contributed by atoms with Gasteiger partial charge in [0.1, 0.15) is 6.10 Å². The van der Waals surface area contributed by atoms with Gasteiger partial charge in [0.25, 0.3) is 0 Å². The molecule has 0 aromatic carbocycles. The van der Waals surface area contributed by atoms with Crippen molar-refractivity contribution >= 4 is 11.9 Å². The molecule has 4 nitrogen and oxygen atoms in total. The summed E-state index contributed by atoms with van der Waals surface area (Å²) in [5.74, 6) is 1.20. The summed E-state index contributed by atoms with van der Waals surface area (Å²) in [7, 11) is 0. The van der Waals surface area contributed by atoms with Gasteiger partial charge in [-0.15, -0.1) is 0 Å². The smallest absolute Gasteiger partial charge is 0.333 e. The number of ether oxygens (including phenoxy) is 2. The molecule has 0 aliphatic heterocycles. The fourth-order valence-corrected chi connectivity index (χ4v) is 4.93. The zero-order chi connectivity index (χ0) is 15.9. The molecule has 4 aliphatic carbocycles. The third-order valence-electron chi connectivity index (χ3n) is 5.65. The van der Waals surface area contributed by atoms with Crippen molar-refractivity contribution < 1.29 is 19.1 Å². The van der Waals surface area contributed by atoms with Crippen molar-refractivity contribution in [2.45, 2.75) is 52.1 Å². The van der Waals surface area contributed by atoms with Gasteiger partial charge in [0, 0.05) is 11.5 Å². The molecule has 6 unspecified atom stereocenters. The van der Waals surface area contributed by atoms with Crippen molar-refractivity contribution in [1.29, 1.82) is 0 Å². The van der Waals surface area contributed by atoms with Crippen molar-refractivity contribution in [3.8, 4) is 0 Å². The van der Waals surface area contributed by atoms with Gasteiger partial charge in [-0.1, -0.05) is 13.5 Å². The topological polar surface area (TPSA) is 52.6 Å². The van der Waals surface area contributed by atoms with Gasteiger partial charge in [0.2, 0.25) is 0 Å². The molecule has 122 valence electrons. The second kappa shape index (κ2) is 6.05. The summed E-state index contributed by atoms with van der Waals surface area (Å²) in [4.78, 5) is 24.4. The number of rotatable bonds is 5. The predicted octanol–water partition coefficient (Wildman–Crippen LogP) is 3.11. The van der Waals surface area contributed by atoms with E-state index in [1.165, 1.54) is 0 Å². The molecule has 4 bridgehead atoms. The monoisotopic (exact) mass is 306 g/mol. The van der Waals surface area contributed by atoms with E-state index in [-0.39, 0.29) is 29.9 Å². The van der Waals surface area contributed by atoms with Crippen LogP contribution in [-0.2, 0) is 19.1 Å². The molecule has 0 amide bonds. The number of hydrogen-bond donors (Lipinski definition) is 0. The minimum Gasteiger partial charge on any atom is -0.465 e. The summed E-state index contributed by atoms with van der Waals surface area (Å²) in [6, 6.07) is 0. The first-order chi connectivity index (χ1) is 10.5. The molecule has 0 aromatic heterocycles. The van der Waals surface area contributed by atoms with Gasteiger partial charge in [0.05, 0.1) is 12.5 Å². The Labute approximate surface area is 132 Å². The summed E-state index contributed by atoms with van der Waals surface area (Å²) < 4.78 is 11.1. The second-order valence-corrected chi connectivity index (χ2v) is 7.34. The van der Waals surface area contributed by atoms with Gasteiger partial charge in [-0.3, -0.25) is 4.79 Å². The minimum absolute atomic E-state index is 0.0768. The van der Waals surface area contributed by atoms with E-state index in [0.717, 1.165) is 32.1 Å². The SMILES string of the molecule is C=C(C)C(=O)OC1C2CC3CC(C2)C(C(=O)OCCC)C1C3. The van der Waals surface area contributed by atoms with Crippen LogP contribution in [0.2, 0.25) is 0 Å². The number of carbonyl (C=O) groups excluding carboxylic acids is 2. The highest BCUT2D eigenvalue weighted by molar-refractivity contribution is 5.87. The zero-order valence-corrected chi connectivity index (χ0v) is 13.5. The van der Waals surface area contributed by atoms with E-state index in [1.807, 2.05) is 6.92 Å². The second-order valence-electron chi connectivity index (χ2n) is 7.34. The highest BCUT2D eigenvalue weighted by atomic mass is 16.5. The first kappa shape index (κ1) is 15.6.